The van der Waals surface area contributed by atoms with E-state index in [-0.39, 0.29) is 11.9 Å². The van der Waals surface area contributed by atoms with E-state index < -0.39 is 11.9 Å². The number of carboxylic acids is 1. The quantitative estimate of drug-likeness (QED) is 0.553. The highest BCUT2D eigenvalue weighted by Gasteiger charge is 2.21. The predicted molar refractivity (Wildman–Crippen MR) is 109 cm³/mol. The summed E-state index contributed by atoms with van der Waals surface area (Å²) in [7, 11) is 0. The first kappa shape index (κ1) is 19.4. The normalized spacial score (nSPS) is 12.9. The van der Waals surface area contributed by atoms with E-state index in [0.717, 1.165) is 16.7 Å². The predicted octanol–water partition coefficient (Wildman–Crippen LogP) is 4.13. The lowest BCUT2D eigenvalue weighted by molar-refractivity contribution is -0.141. The van der Waals surface area contributed by atoms with Crippen molar-refractivity contribution in [3.8, 4) is 11.1 Å². The Bertz CT molecular complexity index is 903. The van der Waals surface area contributed by atoms with Crippen molar-refractivity contribution in [2.75, 3.05) is 0 Å². The van der Waals surface area contributed by atoms with E-state index in [1.54, 1.807) is 25.4 Å². The van der Waals surface area contributed by atoms with Crippen molar-refractivity contribution >= 4 is 11.9 Å². The highest BCUT2D eigenvalue weighted by molar-refractivity contribution is 5.94. The fourth-order valence-corrected chi connectivity index (χ4v) is 3.20. The molecule has 5 heteroatoms. The molecular formula is C23H24N2O3. The van der Waals surface area contributed by atoms with Gasteiger partial charge in [0.25, 0.3) is 5.91 Å². The summed E-state index contributed by atoms with van der Waals surface area (Å²) >= 11 is 0. The molecule has 1 amide bonds. The zero-order valence-corrected chi connectivity index (χ0v) is 15.8. The van der Waals surface area contributed by atoms with E-state index in [4.69, 9.17) is 0 Å². The Balaban J connectivity index is 1.72. The molecule has 0 bridgehead atoms. The van der Waals surface area contributed by atoms with Crippen molar-refractivity contribution in [2.24, 2.45) is 5.92 Å². The summed E-state index contributed by atoms with van der Waals surface area (Å²) in [5.74, 6) is -1.61. The lowest BCUT2D eigenvalue weighted by atomic mass is 9.94. The van der Waals surface area contributed by atoms with Crippen LogP contribution in [0.3, 0.4) is 0 Å². The average molecular weight is 376 g/mol. The standard InChI is InChI=1S/C23H24N2O3/c1-16(23(27)28)13-21(25-22(26)20-11-12-24-15-20)14-17-7-9-19(10-8-17)18-5-3-2-4-6-18/h2-12,15-16,21,24H,13-14H2,1H3,(H,25,26)(H,27,28)/t16-,21?/m1/s1. The number of aliphatic carboxylic acids is 1. The molecule has 1 unspecified atom stereocenters. The number of carbonyl (C=O) groups excluding carboxylic acids is 1. The van der Waals surface area contributed by atoms with Gasteiger partial charge in [-0.1, -0.05) is 61.5 Å². The Morgan fingerprint density at radius 3 is 2.29 bits per heavy atom. The van der Waals surface area contributed by atoms with Crippen LogP contribution in [0.15, 0.2) is 73.1 Å². The second kappa shape index (κ2) is 9.04. The molecule has 0 saturated carbocycles. The van der Waals surface area contributed by atoms with Gasteiger partial charge < -0.3 is 15.4 Å². The summed E-state index contributed by atoms with van der Waals surface area (Å²) in [6, 6.07) is 19.7. The molecule has 0 aliphatic rings. The van der Waals surface area contributed by atoms with Gasteiger partial charge in [-0.15, -0.1) is 0 Å². The van der Waals surface area contributed by atoms with E-state index in [9.17, 15) is 14.7 Å². The number of aromatic nitrogens is 1. The number of aromatic amines is 1. The van der Waals surface area contributed by atoms with Crippen LogP contribution in [-0.2, 0) is 11.2 Å². The first-order valence-corrected chi connectivity index (χ1v) is 9.33. The molecule has 2 aromatic carbocycles. The second-order valence-electron chi connectivity index (χ2n) is 7.01. The molecular weight excluding hydrogens is 352 g/mol. The maximum atomic E-state index is 12.4. The molecule has 2 atom stereocenters. The molecule has 28 heavy (non-hydrogen) atoms. The summed E-state index contributed by atoms with van der Waals surface area (Å²) in [5.41, 5.74) is 3.85. The van der Waals surface area contributed by atoms with E-state index in [0.29, 0.717) is 18.4 Å². The van der Waals surface area contributed by atoms with Crippen molar-refractivity contribution in [1.29, 1.82) is 0 Å². The molecule has 5 nitrogen and oxygen atoms in total. The Morgan fingerprint density at radius 2 is 1.68 bits per heavy atom. The molecule has 0 saturated heterocycles. The fourth-order valence-electron chi connectivity index (χ4n) is 3.20. The van der Waals surface area contributed by atoms with Crippen molar-refractivity contribution in [1.82, 2.24) is 10.3 Å². The third kappa shape index (κ3) is 5.10. The lowest BCUT2D eigenvalue weighted by Gasteiger charge is -2.21. The highest BCUT2D eigenvalue weighted by atomic mass is 16.4. The number of carboxylic acid groups (broad SMARTS) is 1. The summed E-state index contributed by atoms with van der Waals surface area (Å²) in [4.78, 5) is 26.6. The third-order valence-corrected chi connectivity index (χ3v) is 4.80. The van der Waals surface area contributed by atoms with Gasteiger partial charge in [0.05, 0.1) is 11.5 Å². The molecule has 0 radical (unpaired) electrons. The van der Waals surface area contributed by atoms with Gasteiger partial charge in [-0.3, -0.25) is 9.59 Å². The molecule has 1 aromatic heterocycles. The number of hydrogen-bond donors (Lipinski definition) is 3. The summed E-state index contributed by atoms with van der Waals surface area (Å²) in [6.45, 7) is 1.66. The minimum atomic E-state index is -0.861. The molecule has 1 heterocycles. The minimum Gasteiger partial charge on any atom is -0.481 e. The van der Waals surface area contributed by atoms with Gasteiger partial charge in [-0.05, 0) is 35.6 Å². The van der Waals surface area contributed by atoms with Crippen molar-refractivity contribution in [2.45, 2.75) is 25.8 Å². The van der Waals surface area contributed by atoms with Gasteiger partial charge in [0.15, 0.2) is 0 Å². The molecule has 0 fully saturated rings. The fraction of sp³-hybridized carbons (Fsp3) is 0.217. The van der Waals surface area contributed by atoms with E-state index in [1.807, 2.05) is 30.3 Å². The number of amides is 1. The van der Waals surface area contributed by atoms with E-state index in [1.165, 1.54) is 0 Å². The summed E-state index contributed by atoms with van der Waals surface area (Å²) in [6.07, 6.45) is 4.25. The molecule has 0 aliphatic carbocycles. The van der Waals surface area contributed by atoms with E-state index in [2.05, 4.69) is 34.6 Å². The lowest BCUT2D eigenvalue weighted by Crippen LogP contribution is -2.38. The van der Waals surface area contributed by atoms with Gasteiger partial charge in [0.2, 0.25) is 0 Å². The van der Waals surface area contributed by atoms with Crippen molar-refractivity contribution in [3.05, 3.63) is 84.2 Å². The van der Waals surface area contributed by atoms with Crippen LogP contribution in [0.2, 0.25) is 0 Å². The smallest absolute Gasteiger partial charge is 0.306 e. The first-order valence-electron chi connectivity index (χ1n) is 9.33. The molecule has 0 spiro atoms. The summed E-state index contributed by atoms with van der Waals surface area (Å²) in [5, 5.41) is 12.2. The molecule has 3 rings (SSSR count). The maximum Gasteiger partial charge on any atom is 0.306 e. The van der Waals surface area contributed by atoms with Crippen LogP contribution in [0.5, 0.6) is 0 Å². The maximum absolute atomic E-state index is 12.4. The zero-order chi connectivity index (χ0) is 19.9. The van der Waals surface area contributed by atoms with Crippen molar-refractivity contribution in [3.63, 3.8) is 0 Å². The van der Waals surface area contributed by atoms with Crippen LogP contribution in [0.1, 0.15) is 29.3 Å². The van der Waals surface area contributed by atoms with Crippen LogP contribution in [-0.4, -0.2) is 28.0 Å². The highest BCUT2D eigenvalue weighted by Crippen LogP contribution is 2.20. The topological polar surface area (TPSA) is 82.2 Å². The van der Waals surface area contributed by atoms with Crippen LogP contribution in [0.4, 0.5) is 0 Å². The Kier molecular flexibility index (Phi) is 6.27. The van der Waals surface area contributed by atoms with Gasteiger partial charge in [-0.25, -0.2) is 0 Å². The van der Waals surface area contributed by atoms with E-state index >= 15 is 0 Å². The number of carbonyl (C=O) groups is 2. The third-order valence-electron chi connectivity index (χ3n) is 4.80. The monoisotopic (exact) mass is 376 g/mol. The number of nitrogens with one attached hydrogen (secondary N) is 2. The van der Waals surface area contributed by atoms with Crippen LogP contribution >= 0.6 is 0 Å². The van der Waals surface area contributed by atoms with Crippen molar-refractivity contribution < 1.29 is 14.7 Å². The SMILES string of the molecule is C[C@H](CC(Cc1ccc(-c2ccccc2)cc1)NC(=O)c1cc[nH]c1)C(=O)O. The molecule has 3 N–H and O–H groups in total. The second-order valence-corrected chi connectivity index (χ2v) is 7.01. The number of hydrogen-bond acceptors (Lipinski definition) is 2. The Labute approximate surface area is 164 Å². The molecule has 3 aromatic rings. The van der Waals surface area contributed by atoms with Crippen LogP contribution in [0, 0.1) is 5.92 Å². The number of H-pyrrole nitrogens is 1. The van der Waals surface area contributed by atoms with Crippen LogP contribution < -0.4 is 5.32 Å². The van der Waals surface area contributed by atoms with Gasteiger partial charge in [-0.2, -0.15) is 0 Å². The first-order chi connectivity index (χ1) is 13.5. The zero-order valence-electron chi connectivity index (χ0n) is 15.8. The van der Waals surface area contributed by atoms with Gasteiger partial charge in [0, 0.05) is 18.4 Å². The number of benzene rings is 2. The average Bonchev–Trinajstić information content (AvgIpc) is 3.24. The summed E-state index contributed by atoms with van der Waals surface area (Å²) < 4.78 is 0. The van der Waals surface area contributed by atoms with Gasteiger partial charge >= 0.3 is 5.97 Å². The Morgan fingerprint density at radius 1 is 1.00 bits per heavy atom. The molecule has 144 valence electrons. The number of rotatable bonds is 8. The largest absolute Gasteiger partial charge is 0.481 e. The van der Waals surface area contributed by atoms with Crippen LogP contribution in [0.25, 0.3) is 11.1 Å². The Hall–Kier alpha value is -3.34. The van der Waals surface area contributed by atoms with Gasteiger partial charge in [0.1, 0.15) is 0 Å². The minimum absolute atomic E-state index is 0.204. The molecule has 0 aliphatic heterocycles.